The van der Waals surface area contributed by atoms with Crippen LogP contribution in [0.3, 0.4) is 0 Å². The number of pyridine rings is 1. The fraction of sp³-hybridized carbons (Fsp3) is 0.615. The second-order valence-corrected chi connectivity index (χ2v) is 6.38. The molecule has 114 valence electrons. The molecule has 0 aliphatic carbocycles. The molecule has 0 radical (unpaired) electrons. The smallest absolute Gasteiger partial charge is 0.213 e. The van der Waals surface area contributed by atoms with Gasteiger partial charge in [0.1, 0.15) is 0 Å². The van der Waals surface area contributed by atoms with Crippen LogP contribution in [0.15, 0.2) is 18.3 Å². The van der Waals surface area contributed by atoms with E-state index in [0.717, 1.165) is 25.1 Å². The van der Waals surface area contributed by atoms with Gasteiger partial charge in [-0.3, -0.25) is 0 Å². The van der Waals surface area contributed by atoms with E-state index in [-0.39, 0.29) is 12.3 Å². The lowest BCUT2D eigenvalue weighted by atomic mass is 10.3. The normalized spacial score (nSPS) is 11.5. The van der Waals surface area contributed by atoms with Gasteiger partial charge in [-0.15, -0.1) is 0 Å². The van der Waals surface area contributed by atoms with Crippen molar-refractivity contribution >= 4 is 10.0 Å². The van der Waals surface area contributed by atoms with Gasteiger partial charge in [0.15, 0.2) is 0 Å². The maximum Gasteiger partial charge on any atom is 0.213 e. The zero-order valence-electron chi connectivity index (χ0n) is 12.1. The number of nitrogens with one attached hydrogen (secondary N) is 2. The molecule has 0 saturated heterocycles. The van der Waals surface area contributed by atoms with Crippen LogP contribution in [0.2, 0.25) is 0 Å². The monoisotopic (exact) mass is 301 g/mol. The van der Waals surface area contributed by atoms with E-state index in [2.05, 4.69) is 21.9 Å². The summed E-state index contributed by atoms with van der Waals surface area (Å²) in [6.07, 6.45) is 3.25. The third-order valence-electron chi connectivity index (χ3n) is 2.70. The van der Waals surface area contributed by atoms with Crippen molar-refractivity contribution in [1.82, 2.24) is 15.0 Å². The van der Waals surface area contributed by atoms with E-state index in [0.29, 0.717) is 12.3 Å². The minimum Gasteiger partial charge on any atom is -0.481 e. The third kappa shape index (κ3) is 6.83. The lowest BCUT2D eigenvalue weighted by Crippen LogP contribution is -2.28. The largest absolute Gasteiger partial charge is 0.481 e. The molecule has 1 heterocycles. The maximum absolute atomic E-state index is 11.8. The lowest BCUT2D eigenvalue weighted by molar-refractivity contribution is 0.397. The average molecular weight is 301 g/mol. The van der Waals surface area contributed by atoms with E-state index < -0.39 is 10.0 Å². The summed E-state index contributed by atoms with van der Waals surface area (Å²) in [6, 6.07) is 3.47. The number of hydrogen-bond donors (Lipinski definition) is 2. The molecule has 2 N–H and O–H groups in total. The van der Waals surface area contributed by atoms with Crippen molar-refractivity contribution in [1.29, 1.82) is 0 Å². The number of aromatic nitrogens is 1. The predicted octanol–water partition coefficient (Wildman–Crippen LogP) is 0.899. The van der Waals surface area contributed by atoms with Crippen LogP contribution >= 0.6 is 0 Å². The third-order valence-corrected chi connectivity index (χ3v) is 4.11. The Morgan fingerprint density at radius 2 is 2.15 bits per heavy atom. The summed E-state index contributed by atoms with van der Waals surface area (Å²) in [6.45, 7) is 3.97. The van der Waals surface area contributed by atoms with Crippen LogP contribution < -0.4 is 14.8 Å². The van der Waals surface area contributed by atoms with Crippen LogP contribution in [0, 0.1) is 0 Å². The zero-order chi connectivity index (χ0) is 14.8. The number of sulfonamides is 1. The zero-order valence-corrected chi connectivity index (χ0v) is 12.9. The summed E-state index contributed by atoms with van der Waals surface area (Å²) in [5.74, 6) is 0.608. The van der Waals surface area contributed by atoms with Gasteiger partial charge in [0.25, 0.3) is 0 Å². The fourth-order valence-electron chi connectivity index (χ4n) is 1.63. The van der Waals surface area contributed by atoms with Crippen molar-refractivity contribution < 1.29 is 13.2 Å². The molecule has 0 unspecified atom stereocenters. The Morgan fingerprint density at radius 1 is 1.35 bits per heavy atom. The molecule has 1 aromatic rings. The SMILES string of the molecule is CCCNCCCS(=O)(=O)NCc1ccnc(OC)c1. The number of ether oxygens (including phenoxy) is 1. The van der Waals surface area contributed by atoms with Crippen molar-refractivity contribution in [3.8, 4) is 5.88 Å². The van der Waals surface area contributed by atoms with Crippen LogP contribution in [0.4, 0.5) is 0 Å². The first kappa shape index (κ1) is 16.9. The standard InChI is InChI=1S/C13H23N3O3S/c1-3-6-14-7-4-9-20(17,18)16-11-12-5-8-15-13(10-12)19-2/h5,8,10,14,16H,3-4,6-7,9,11H2,1-2H3. The molecule has 20 heavy (non-hydrogen) atoms. The lowest BCUT2D eigenvalue weighted by Gasteiger charge is -2.08. The highest BCUT2D eigenvalue weighted by molar-refractivity contribution is 7.89. The molecule has 7 heteroatoms. The molecule has 0 aromatic carbocycles. The molecular formula is C13H23N3O3S. The highest BCUT2D eigenvalue weighted by Gasteiger charge is 2.09. The molecule has 0 fully saturated rings. The Bertz CT molecular complexity index is 491. The van der Waals surface area contributed by atoms with Gasteiger partial charge in [0, 0.05) is 18.8 Å². The molecule has 0 atom stereocenters. The van der Waals surface area contributed by atoms with E-state index in [1.165, 1.54) is 7.11 Å². The first-order valence-corrected chi connectivity index (χ1v) is 8.39. The van der Waals surface area contributed by atoms with Crippen molar-refractivity contribution in [2.24, 2.45) is 0 Å². The second-order valence-electron chi connectivity index (χ2n) is 4.45. The topological polar surface area (TPSA) is 80.3 Å². The number of nitrogens with zero attached hydrogens (tertiary/aromatic N) is 1. The van der Waals surface area contributed by atoms with Gasteiger partial charge < -0.3 is 10.1 Å². The van der Waals surface area contributed by atoms with Crippen LogP contribution in [0.25, 0.3) is 0 Å². The highest BCUT2D eigenvalue weighted by atomic mass is 32.2. The van der Waals surface area contributed by atoms with Crippen molar-refractivity contribution in [2.75, 3.05) is 26.0 Å². The Labute approximate surface area is 121 Å². The average Bonchev–Trinajstić information content (AvgIpc) is 2.45. The first-order chi connectivity index (χ1) is 9.57. The molecule has 0 aliphatic rings. The molecule has 0 aliphatic heterocycles. The summed E-state index contributed by atoms with van der Waals surface area (Å²) in [4.78, 5) is 3.97. The molecule has 0 saturated carbocycles. The van der Waals surface area contributed by atoms with E-state index in [4.69, 9.17) is 4.74 Å². The Morgan fingerprint density at radius 3 is 2.85 bits per heavy atom. The van der Waals surface area contributed by atoms with Crippen LogP contribution in [0.5, 0.6) is 5.88 Å². The van der Waals surface area contributed by atoms with Crippen molar-refractivity contribution in [2.45, 2.75) is 26.3 Å². The summed E-state index contributed by atoms with van der Waals surface area (Å²) in [5.41, 5.74) is 0.824. The Kier molecular flexibility index (Phi) is 7.50. The van der Waals surface area contributed by atoms with Gasteiger partial charge in [-0.25, -0.2) is 18.1 Å². The number of methoxy groups -OCH3 is 1. The molecule has 0 spiro atoms. The van der Waals surface area contributed by atoms with E-state index in [1.807, 2.05) is 0 Å². The molecule has 1 rings (SSSR count). The molecule has 6 nitrogen and oxygen atoms in total. The van der Waals surface area contributed by atoms with E-state index >= 15 is 0 Å². The van der Waals surface area contributed by atoms with Crippen molar-refractivity contribution in [3.63, 3.8) is 0 Å². The van der Waals surface area contributed by atoms with Gasteiger partial charge in [0.2, 0.25) is 15.9 Å². The van der Waals surface area contributed by atoms with E-state index in [9.17, 15) is 8.42 Å². The van der Waals surface area contributed by atoms with Gasteiger partial charge >= 0.3 is 0 Å². The summed E-state index contributed by atoms with van der Waals surface area (Å²) in [5, 5.41) is 3.18. The minimum absolute atomic E-state index is 0.131. The molecular weight excluding hydrogens is 278 g/mol. The molecule has 1 aromatic heterocycles. The van der Waals surface area contributed by atoms with Crippen LogP contribution in [0.1, 0.15) is 25.3 Å². The van der Waals surface area contributed by atoms with E-state index in [1.54, 1.807) is 18.3 Å². The molecule has 0 bridgehead atoms. The fourth-order valence-corrected chi connectivity index (χ4v) is 2.68. The Balaban J connectivity index is 2.35. The predicted molar refractivity (Wildman–Crippen MR) is 79.2 cm³/mol. The maximum atomic E-state index is 11.8. The number of rotatable bonds is 10. The molecule has 0 amide bonds. The summed E-state index contributed by atoms with van der Waals surface area (Å²) in [7, 11) is -1.71. The van der Waals surface area contributed by atoms with Crippen LogP contribution in [-0.2, 0) is 16.6 Å². The number of hydrogen-bond acceptors (Lipinski definition) is 5. The van der Waals surface area contributed by atoms with Crippen molar-refractivity contribution in [3.05, 3.63) is 23.9 Å². The minimum atomic E-state index is -3.24. The summed E-state index contributed by atoms with van der Waals surface area (Å²) < 4.78 is 31.2. The quantitative estimate of drug-likeness (QED) is 0.628. The van der Waals surface area contributed by atoms with Gasteiger partial charge in [-0.2, -0.15) is 0 Å². The van der Waals surface area contributed by atoms with Gasteiger partial charge in [-0.1, -0.05) is 6.92 Å². The Hall–Kier alpha value is -1.18. The highest BCUT2D eigenvalue weighted by Crippen LogP contribution is 2.08. The van der Waals surface area contributed by atoms with Gasteiger partial charge in [0.05, 0.1) is 12.9 Å². The van der Waals surface area contributed by atoms with Gasteiger partial charge in [-0.05, 0) is 37.6 Å². The summed E-state index contributed by atoms with van der Waals surface area (Å²) >= 11 is 0. The first-order valence-electron chi connectivity index (χ1n) is 6.74. The van der Waals surface area contributed by atoms with Crippen LogP contribution in [-0.4, -0.2) is 39.4 Å². The second kappa shape index (κ2) is 8.89.